The number of ether oxygens (including phenoxy) is 5. The fourth-order valence-electron chi connectivity index (χ4n) is 2.78. The predicted octanol–water partition coefficient (Wildman–Crippen LogP) is -0.931. The number of aliphatic hydroxyl groups is 4. The van der Waals surface area contributed by atoms with E-state index in [9.17, 15) is 20.1 Å². The van der Waals surface area contributed by atoms with Crippen molar-refractivity contribution in [3.8, 4) is 17.2 Å². The molecule has 0 aromatic heterocycles. The second-order valence-electron chi connectivity index (χ2n) is 5.86. The lowest BCUT2D eigenvalue weighted by atomic mass is 9.99. The van der Waals surface area contributed by atoms with Crippen molar-refractivity contribution < 1.29 is 48.9 Å². The van der Waals surface area contributed by atoms with Gasteiger partial charge in [0.1, 0.15) is 18.3 Å². The maximum atomic E-state index is 10.8. The van der Waals surface area contributed by atoms with Gasteiger partial charge in [0.25, 0.3) is 6.47 Å². The molecular weight excluding hydrogens is 376 g/mol. The van der Waals surface area contributed by atoms with E-state index in [1.54, 1.807) is 18.2 Å². The van der Waals surface area contributed by atoms with Gasteiger partial charge in [0.15, 0.2) is 17.6 Å². The van der Waals surface area contributed by atoms with Crippen LogP contribution in [0.1, 0.15) is 5.56 Å². The van der Waals surface area contributed by atoms with Crippen LogP contribution in [0.2, 0.25) is 0 Å². The molecule has 1 heterocycles. The predicted molar refractivity (Wildman–Crippen MR) is 95.0 cm³/mol. The zero-order valence-corrected chi connectivity index (χ0v) is 15.4. The summed E-state index contributed by atoms with van der Waals surface area (Å²) in [7, 11) is 2.80. The van der Waals surface area contributed by atoms with Gasteiger partial charge in [-0.3, -0.25) is 4.79 Å². The monoisotopic (exact) mass is 400 g/mol. The molecule has 10 heteroatoms. The van der Waals surface area contributed by atoms with Crippen molar-refractivity contribution >= 4 is 12.5 Å². The highest BCUT2D eigenvalue weighted by Crippen LogP contribution is 2.41. The second-order valence-corrected chi connectivity index (χ2v) is 5.86. The average Bonchev–Trinajstić information content (AvgIpc) is 2.71. The van der Waals surface area contributed by atoms with Gasteiger partial charge in [0, 0.05) is 0 Å². The van der Waals surface area contributed by atoms with Crippen LogP contribution in [-0.2, 0) is 14.3 Å². The standard InChI is InChI=1S/C18H24O10/c1-24-11-6-10(4-3-5-19)7-12(25-2)16(11)28-18-17(26-9-21)15(23)14(22)13(8-20)27-18/h3-4,6-7,9,13-15,17-20,22-23H,5,8H2,1-2H3/b4-3+. The van der Waals surface area contributed by atoms with Crippen LogP contribution in [0.5, 0.6) is 17.2 Å². The Morgan fingerprint density at radius 1 is 1.11 bits per heavy atom. The number of carbonyl (C=O) groups is 1. The van der Waals surface area contributed by atoms with Crippen molar-refractivity contribution in [3.05, 3.63) is 23.8 Å². The van der Waals surface area contributed by atoms with Crippen LogP contribution in [-0.4, -0.2) is 85.0 Å². The van der Waals surface area contributed by atoms with Crippen molar-refractivity contribution in [2.75, 3.05) is 27.4 Å². The lowest BCUT2D eigenvalue weighted by molar-refractivity contribution is -0.279. The summed E-state index contributed by atoms with van der Waals surface area (Å²) in [6.45, 7) is -0.645. The molecule has 1 aromatic rings. The van der Waals surface area contributed by atoms with E-state index in [0.29, 0.717) is 5.56 Å². The summed E-state index contributed by atoms with van der Waals surface area (Å²) in [5, 5.41) is 38.5. The van der Waals surface area contributed by atoms with E-state index < -0.39 is 37.3 Å². The highest BCUT2D eigenvalue weighted by molar-refractivity contribution is 5.62. The summed E-state index contributed by atoms with van der Waals surface area (Å²) in [5.41, 5.74) is 0.657. The van der Waals surface area contributed by atoms with Crippen molar-refractivity contribution in [2.24, 2.45) is 0 Å². The largest absolute Gasteiger partial charge is 0.493 e. The summed E-state index contributed by atoms with van der Waals surface area (Å²) in [4.78, 5) is 10.8. The molecule has 5 unspecified atom stereocenters. The van der Waals surface area contributed by atoms with Crippen LogP contribution in [0.15, 0.2) is 18.2 Å². The van der Waals surface area contributed by atoms with Gasteiger partial charge in [-0.05, 0) is 17.7 Å². The minimum atomic E-state index is -1.55. The molecule has 1 aliphatic rings. The fourth-order valence-corrected chi connectivity index (χ4v) is 2.78. The Hall–Kier alpha value is -2.37. The van der Waals surface area contributed by atoms with Gasteiger partial charge in [-0.25, -0.2) is 0 Å². The first kappa shape index (κ1) is 21.9. The zero-order valence-electron chi connectivity index (χ0n) is 15.4. The first-order valence-corrected chi connectivity index (χ1v) is 8.42. The van der Waals surface area contributed by atoms with E-state index in [-0.39, 0.29) is 30.3 Å². The summed E-state index contributed by atoms with van der Waals surface area (Å²) in [6, 6.07) is 3.22. The molecule has 0 bridgehead atoms. The Balaban J connectivity index is 2.40. The second kappa shape index (κ2) is 10.2. The molecule has 0 saturated carbocycles. The van der Waals surface area contributed by atoms with E-state index in [2.05, 4.69) is 0 Å². The summed E-state index contributed by atoms with van der Waals surface area (Å²) >= 11 is 0. The number of methoxy groups -OCH3 is 2. The molecule has 0 radical (unpaired) electrons. The molecule has 1 aliphatic heterocycles. The zero-order chi connectivity index (χ0) is 20.7. The Morgan fingerprint density at radius 2 is 1.75 bits per heavy atom. The first-order chi connectivity index (χ1) is 13.5. The number of hydrogen-bond donors (Lipinski definition) is 4. The average molecular weight is 400 g/mol. The molecular formula is C18H24O10. The third kappa shape index (κ3) is 4.72. The smallest absolute Gasteiger partial charge is 0.293 e. The molecule has 0 amide bonds. The van der Waals surface area contributed by atoms with Gasteiger partial charge in [0.2, 0.25) is 12.0 Å². The molecule has 156 valence electrons. The van der Waals surface area contributed by atoms with Gasteiger partial charge in [-0.15, -0.1) is 0 Å². The maximum Gasteiger partial charge on any atom is 0.293 e. The molecule has 4 N–H and O–H groups in total. The first-order valence-electron chi connectivity index (χ1n) is 8.42. The van der Waals surface area contributed by atoms with E-state index in [1.165, 1.54) is 20.3 Å². The van der Waals surface area contributed by atoms with Crippen molar-refractivity contribution in [1.82, 2.24) is 0 Å². The highest BCUT2D eigenvalue weighted by atomic mass is 16.7. The number of carbonyl (C=O) groups excluding carboxylic acids is 1. The van der Waals surface area contributed by atoms with E-state index in [4.69, 9.17) is 28.8 Å². The summed E-state index contributed by atoms with van der Waals surface area (Å²) < 4.78 is 26.7. The number of rotatable bonds is 9. The van der Waals surface area contributed by atoms with Gasteiger partial charge >= 0.3 is 0 Å². The third-order valence-corrected chi connectivity index (χ3v) is 4.17. The van der Waals surface area contributed by atoms with Gasteiger partial charge in [0.05, 0.1) is 27.4 Å². The topological polar surface area (TPSA) is 144 Å². The summed E-state index contributed by atoms with van der Waals surface area (Å²) in [6.07, 6.45) is -3.74. The van der Waals surface area contributed by atoms with Crippen molar-refractivity contribution in [1.29, 1.82) is 0 Å². The van der Waals surface area contributed by atoms with E-state index in [1.807, 2.05) is 0 Å². The molecule has 1 aromatic carbocycles. The fraction of sp³-hybridized carbons (Fsp3) is 0.500. The normalized spacial score (nSPS) is 27.4. The van der Waals surface area contributed by atoms with Crippen LogP contribution >= 0.6 is 0 Å². The molecule has 2 rings (SSSR count). The number of aliphatic hydroxyl groups excluding tert-OH is 4. The van der Waals surface area contributed by atoms with E-state index in [0.717, 1.165) is 0 Å². The molecule has 0 spiro atoms. The molecule has 5 atom stereocenters. The SMILES string of the molecule is COc1cc(/C=C/CO)cc(OC)c1OC1OC(CO)C(O)C(O)C1OC=O. The molecule has 28 heavy (non-hydrogen) atoms. The molecule has 10 nitrogen and oxygen atoms in total. The minimum absolute atomic E-state index is 0.0935. The lowest BCUT2D eigenvalue weighted by Crippen LogP contribution is -2.60. The maximum absolute atomic E-state index is 10.8. The molecule has 1 fully saturated rings. The molecule has 0 aliphatic carbocycles. The number of hydrogen-bond acceptors (Lipinski definition) is 10. The van der Waals surface area contributed by atoms with Crippen molar-refractivity contribution in [3.63, 3.8) is 0 Å². The Bertz CT molecular complexity index is 651. The quantitative estimate of drug-likeness (QED) is 0.384. The van der Waals surface area contributed by atoms with Gasteiger partial charge < -0.3 is 44.1 Å². The highest BCUT2D eigenvalue weighted by Gasteiger charge is 2.47. The van der Waals surface area contributed by atoms with Gasteiger partial charge in [-0.2, -0.15) is 0 Å². The summed E-state index contributed by atoms with van der Waals surface area (Å²) in [5.74, 6) is 0.578. The lowest BCUT2D eigenvalue weighted by Gasteiger charge is -2.40. The van der Waals surface area contributed by atoms with Crippen LogP contribution < -0.4 is 14.2 Å². The van der Waals surface area contributed by atoms with Crippen molar-refractivity contribution in [2.45, 2.75) is 30.7 Å². The Morgan fingerprint density at radius 3 is 2.25 bits per heavy atom. The van der Waals surface area contributed by atoms with Gasteiger partial charge in [-0.1, -0.05) is 12.2 Å². The third-order valence-electron chi connectivity index (χ3n) is 4.17. The number of benzene rings is 1. The van der Waals surface area contributed by atoms with Crippen LogP contribution in [0.4, 0.5) is 0 Å². The Kier molecular flexibility index (Phi) is 8.03. The minimum Gasteiger partial charge on any atom is -0.493 e. The van der Waals surface area contributed by atoms with Crippen LogP contribution in [0.25, 0.3) is 6.08 Å². The van der Waals surface area contributed by atoms with Crippen LogP contribution in [0.3, 0.4) is 0 Å². The molecule has 1 saturated heterocycles. The van der Waals surface area contributed by atoms with Crippen LogP contribution in [0, 0.1) is 0 Å². The Labute approximate surface area is 161 Å². The van der Waals surface area contributed by atoms with E-state index >= 15 is 0 Å².